The minimum absolute atomic E-state index is 0.248. The van der Waals surface area contributed by atoms with Gasteiger partial charge in [-0.3, -0.25) is 0 Å². The van der Waals surface area contributed by atoms with Gasteiger partial charge in [-0.25, -0.2) is 8.80 Å². The van der Waals surface area contributed by atoms with Crippen molar-refractivity contribution in [2.45, 2.75) is 5.75 Å². The maximum atomic E-state index is 13.1. The number of hydrazone groups is 1. The first-order valence-corrected chi connectivity index (χ1v) is 7.45. The Balaban J connectivity index is 2.14. The molecule has 1 aliphatic heterocycles. The predicted octanol–water partition coefficient (Wildman–Crippen LogP) is 4.33. The van der Waals surface area contributed by atoms with Crippen molar-refractivity contribution < 1.29 is 4.39 Å². The van der Waals surface area contributed by atoms with Crippen LogP contribution in [0.5, 0.6) is 0 Å². The lowest BCUT2D eigenvalue weighted by Crippen LogP contribution is -2.08. The van der Waals surface area contributed by atoms with Gasteiger partial charge in [-0.1, -0.05) is 17.7 Å². The van der Waals surface area contributed by atoms with Crippen LogP contribution >= 0.6 is 23.5 Å². The molecule has 2 aromatic carbocycles. The molecule has 3 rings (SSSR count). The van der Waals surface area contributed by atoms with Gasteiger partial charge in [0.25, 0.3) is 0 Å². The van der Waals surface area contributed by atoms with Crippen LogP contribution in [0.1, 0.15) is 16.7 Å². The van der Waals surface area contributed by atoms with Crippen LogP contribution in [0.15, 0.2) is 47.6 Å². The van der Waals surface area contributed by atoms with Crippen LogP contribution in [-0.4, -0.2) is 17.2 Å². The number of nitrogens with zero attached hydrogens (tertiary/aromatic N) is 2. The molecule has 1 heterocycles. The Morgan fingerprint density at radius 1 is 1.20 bits per heavy atom. The van der Waals surface area contributed by atoms with Gasteiger partial charge in [-0.2, -0.15) is 5.10 Å². The van der Waals surface area contributed by atoms with Crippen LogP contribution in [0.25, 0.3) is 0 Å². The summed E-state index contributed by atoms with van der Waals surface area (Å²) in [6.45, 7) is 0. The second kappa shape index (κ2) is 5.46. The summed E-state index contributed by atoms with van der Waals surface area (Å²) in [5, 5.41) is 5.31. The van der Waals surface area contributed by atoms with Crippen molar-refractivity contribution in [3.63, 3.8) is 0 Å². The normalized spacial score (nSPS) is 14.6. The molecule has 0 saturated heterocycles. The van der Waals surface area contributed by atoms with E-state index in [9.17, 15) is 4.39 Å². The summed E-state index contributed by atoms with van der Waals surface area (Å²) < 4.78 is 14.9. The zero-order valence-corrected chi connectivity index (χ0v) is 12.4. The Labute approximate surface area is 126 Å². The van der Waals surface area contributed by atoms with Crippen molar-refractivity contribution in [1.82, 2.24) is 4.41 Å². The third-order valence-corrected chi connectivity index (χ3v) is 4.22. The van der Waals surface area contributed by atoms with Gasteiger partial charge in [0.2, 0.25) is 0 Å². The van der Waals surface area contributed by atoms with E-state index >= 15 is 0 Å². The highest BCUT2D eigenvalue weighted by Gasteiger charge is 2.17. The minimum Gasteiger partial charge on any atom is -0.241 e. The molecule has 0 aromatic heterocycles. The SMILES string of the molecule is CN1N=C(c2ccc(F)cc2)c2ccc(Cl)cc2CS1. The summed E-state index contributed by atoms with van der Waals surface area (Å²) >= 11 is 7.67. The molecular weight excluding hydrogens is 295 g/mol. The smallest absolute Gasteiger partial charge is 0.123 e. The third-order valence-electron chi connectivity index (χ3n) is 3.09. The van der Waals surface area contributed by atoms with Gasteiger partial charge in [0.15, 0.2) is 0 Å². The summed E-state index contributed by atoms with van der Waals surface area (Å²) in [4.78, 5) is 0. The van der Waals surface area contributed by atoms with Crippen LogP contribution in [0.3, 0.4) is 0 Å². The molecule has 0 atom stereocenters. The second-order valence-corrected chi connectivity index (χ2v) is 6.01. The summed E-state index contributed by atoms with van der Waals surface area (Å²) in [5.74, 6) is 0.558. The van der Waals surface area contributed by atoms with Gasteiger partial charge in [-0.05, 0) is 53.9 Å². The van der Waals surface area contributed by atoms with Crippen molar-refractivity contribution in [2.24, 2.45) is 5.10 Å². The lowest BCUT2D eigenvalue weighted by molar-refractivity contribution is 0.616. The zero-order chi connectivity index (χ0) is 14.1. The Morgan fingerprint density at radius 2 is 1.95 bits per heavy atom. The molecule has 0 radical (unpaired) electrons. The van der Waals surface area contributed by atoms with E-state index in [-0.39, 0.29) is 5.82 Å². The minimum atomic E-state index is -0.248. The molecule has 0 fully saturated rings. The number of fused-ring (bicyclic) bond motifs is 1. The van der Waals surface area contributed by atoms with Crippen LogP contribution in [0.2, 0.25) is 5.02 Å². The van der Waals surface area contributed by atoms with Gasteiger partial charge < -0.3 is 0 Å². The average Bonchev–Trinajstić information content (AvgIpc) is 2.59. The van der Waals surface area contributed by atoms with E-state index in [4.69, 9.17) is 11.6 Å². The van der Waals surface area contributed by atoms with Gasteiger partial charge >= 0.3 is 0 Å². The Kier molecular flexibility index (Phi) is 3.68. The quantitative estimate of drug-likeness (QED) is 0.729. The molecule has 0 bridgehead atoms. The van der Waals surface area contributed by atoms with E-state index in [1.165, 1.54) is 12.1 Å². The first-order chi connectivity index (χ1) is 9.63. The Bertz CT molecular complexity index is 670. The highest BCUT2D eigenvalue weighted by atomic mass is 35.5. The molecule has 20 heavy (non-hydrogen) atoms. The number of hydrogen-bond acceptors (Lipinski definition) is 3. The van der Waals surface area contributed by atoms with Crippen molar-refractivity contribution in [3.8, 4) is 0 Å². The molecule has 0 spiro atoms. The van der Waals surface area contributed by atoms with E-state index < -0.39 is 0 Å². The maximum Gasteiger partial charge on any atom is 0.123 e. The largest absolute Gasteiger partial charge is 0.241 e. The van der Waals surface area contributed by atoms with Crippen LogP contribution in [-0.2, 0) is 5.75 Å². The fraction of sp³-hybridized carbons (Fsp3) is 0.133. The van der Waals surface area contributed by atoms with Gasteiger partial charge in [0.05, 0.1) is 5.71 Å². The Hall–Kier alpha value is -1.52. The molecule has 2 aromatic rings. The fourth-order valence-electron chi connectivity index (χ4n) is 2.12. The standard InChI is InChI=1S/C15H12ClFN2S/c1-19-18-15(10-2-5-13(17)6-3-10)14-7-4-12(16)8-11(14)9-20-19/h2-8H,9H2,1H3. The molecule has 0 unspecified atom stereocenters. The lowest BCUT2D eigenvalue weighted by atomic mass is 9.98. The van der Waals surface area contributed by atoms with E-state index in [2.05, 4.69) is 5.10 Å². The molecule has 0 amide bonds. The average molecular weight is 307 g/mol. The van der Waals surface area contributed by atoms with Gasteiger partial charge in [0.1, 0.15) is 5.82 Å². The molecular formula is C15H12ClFN2S. The number of rotatable bonds is 1. The number of benzene rings is 2. The highest BCUT2D eigenvalue weighted by molar-refractivity contribution is 7.96. The molecule has 102 valence electrons. The number of halogens is 2. The lowest BCUT2D eigenvalue weighted by Gasteiger charge is -2.10. The van der Waals surface area contributed by atoms with Crippen LogP contribution in [0.4, 0.5) is 4.39 Å². The van der Waals surface area contributed by atoms with Crippen molar-refractivity contribution >= 4 is 29.3 Å². The van der Waals surface area contributed by atoms with Gasteiger partial charge in [0, 0.05) is 29.0 Å². The highest BCUT2D eigenvalue weighted by Crippen LogP contribution is 2.28. The molecule has 0 aliphatic carbocycles. The monoisotopic (exact) mass is 306 g/mol. The van der Waals surface area contributed by atoms with Crippen molar-refractivity contribution in [1.29, 1.82) is 0 Å². The summed E-state index contributed by atoms with van der Waals surface area (Å²) in [5.41, 5.74) is 3.90. The van der Waals surface area contributed by atoms with Crippen molar-refractivity contribution in [3.05, 3.63) is 70.0 Å². The van der Waals surface area contributed by atoms with E-state index in [1.54, 1.807) is 24.1 Å². The topological polar surface area (TPSA) is 15.6 Å². The molecule has 0 saturated carbocycles. The molecule has 1 aliphatic rings. The Morgan fingerprint density at radius 3 is 2.70 bits per heavy atom. The van der Waals surface area contributed by atoms with Gasteiger partial charge in [-0.15, -0.1) is 0 Å². The summed E-state index contributed by atoms with van der Waals surface area (Å²) in [7, 11) is 1.90. The van der Waals surface area contributed by atoms with E-state index in [0.29, 0.717) is 5.02 Å². The van der Waals surface area contributed by atoms with E-state index in [1.807, 2.05) is 29.7 Å². The third kappa shape index (κ3) is 2.67. The van der Waals surface area contributed by atoms with Crippen LogP contribution < -0.4 is 0 Å². The fourth-order valence-corrected chi connectivity index (χ4v) is 3.02. The first-order valence-electron chi connectivity index (χ1n) is 6.13. The number of hydrogen-bond donors (Lipinski definition) is 0. The summed E-state index contributed by atoms with van der Waals surface area (Å²) in [6, 6.07) is 12.2. The maximum absolute atomic E-state index is 13.1. The zero-order valence-electron chi connectivity index (χ0n) is 10.8. The first kappa shape index (κ1) is 13.5. The van der Waals surface area contributed by atoms with Crippen molar-refractivity contribution in [2.75, 3.05) is 7.05 Å². The predicted molar refractivity (Wildman–Crippen MR) is 82.5 cm³/mol. The van der Waals surface area contributed by atoms with Crippen LogP contribution in [0, 0.1) is 5.82 Å². The molecule has 0 N–H and O–H groups in total. The van der Waals surface area contributed by atoms with E-state index in [0.717, 1.165) is 28.2 Å². The molecule has 5 heteroatoms. The summed E-state index contributed by atoms with van der Waals surface area (Å²) in [6.07, 6.45) is 0. The second-order valence-electron chi connectivity index (χ2n) is 4.49. The molecule has 2 nitrogen and oxygen atoms in total.